The summed E-state index contributed by atoms with van der Waals surface area (Å²) < 4.78 is 11.0. The number of phenols is 1. The van der Waals surface area contributed by atoms with Crippen molar-refractivity contribution in [3.05, 3.63) is 54.6 Å². The minimum atomic E-state index is -0.0632. The van der Waals surface area contributed by atoms with Gasteiger partial charge in [-0.3, -0.25) is 0 Å². The van der Waals surface area contributed by atoms with Gasteiger partial charge in [-0.1, -0.05) is 18.2 Å². The van der Waals surface area contributed by atoms with Crippen LogP contribution in [0.15, 0.2) is 54.6 Å². The van der Waals surface area contributed by atoms with Crippen molar-refractivity contribution in [2.45, 2.75) is 56.9 Å². The predicted octanol–water partition coefficient (Wildman–Crippen LogP) is 4.90. The number of nitrogen functional groups attached to an aromatic ring is 1. The molecular weight excluding hydrogens is 528 g/mol. The van der Waals surface area contributed by atoms with Gasteiger partial charge in [-0.25, -0.2) is 0 Å². The number of anilines is 4. The smallest absolute Gasteiger partial charge is 0.169 e. The van der Waals surface area contributed by atoms with Crippen LogP contribution in [0.5, 0.6) is 5.75 Å². The summed E-state index contributed by atoms with van der Waals surface area (Å²) in [7, 11) is 3.50. The first-order chi connectivity index (χ1) is 20.5. The summed E-state index contributed by atoms with van der Waals surface area (Å²) in [5, 5.41) is 18.9. The molecule has 3 N–H and O–H groups in total. The van der Waals surface area contributed by atoms with Crippen molar-refractivity contribution in [2.75, 3.05) is 60.8 Å². The van der Waals surface area contributed by atoms with Crippen molar-refractivity contribution in [1.82, 2.24) is 10.2 Å². The number of piperazine rings is 1. The average molecular weight is 571 g/mol. The van der Waals surface area contributed by atoms with Crippen LogP contribution in [0, 0.1) is 11.3 Å². The number of aromatic nitrogens is 2. The maximum atomic E-state index is 10.4. The minimum Gasteiger partial charge on any atom is -0.507 e. The molecule has 3 aliphatic heterocycles. The Hall–Kier alpha value is -3.56. The standard InChI is InChI=1S/C33H42N6O3/c1-41-32(42-2)22-18-33(19-22)12-14-37(15-13-33)23-6-5-7-24(16-23)39-25-10-11-26(39)21-38(20-25)29-17-28(35-36-31(29)34)27-8-3-4-9-30(27)40/h3-9,16-17,22,25-26,32,40H,10-15,18-21H2,1-2H3,(H2,34,36). The summed E-state index contributed by atoms with van der Waals surface area (Å²) in [4.78, 5) is 7.59. The molecule has 7 rings (SSSR count). The highest BCUT2D eigenvalue weighted by molar-refractivity contribution is 5.74. The van der Waals surface area contributed by atoms with Gasteiger partial charge in [0.1, 0.15) is 5.75 Å². The second-order valence-corrected chi connectivity index (χ2v) is 12.7. The minimum absolute atomic E-state index is 0.0632. The summed E-state index contributed by atoms with van der Waals surface area (Å²) in [6.45, 7) is 3.98. The van der Waals surface area contributed by atoms with E-state index >= 15 is 0 Å². The van der Waals surface area contributed by atoms with Crippen LogP contribution < -0.4 is 20.4 Å². The lowest BCUT2D eigenvalue weighted by molar-refractivity contribution is -0.184. The van der Waals surface area contributed by atoms with E-state index in [9.17, 15) is 5.11 Å². The number of para-hydroxylation sites is 1. The van der Waals surface area contributed by atoms with E-state index in [1.807, 2.05) is 24.3 Å². The van der Waals surface area contributed by atoms with Gasteiger partial charge in [0.15, 0.2) is 12.1 Å². The topological polar surface area (TPSA) is 100 Å². The number of methoxy groups -OCH3 is 2. The third kappa shape index (κ3) is 4.82. The quantitative estimate of drug-likeness (QED) is 0.384. The van der Waals surface area contributed by atoms with E-state index in [1.54, 1.807) is 20.3 Å². The lowest BCUT2D eigenvalue weighted by Crippen LogP contribution is -2.54. The van der Waals surface area contributed by atoms with Crippen LogP contribution in [-0.2, 0) is 9.47 Å². The van der Waals surface area contributed by atoms with E-state index in [0.717, 1.165) is 44.7 Å². The van der Waals surface area contributed by atoms with Crippen LogP contribution in [0.3, 0.4) is 0 Å². The van der Waals surface area contributed by atoms with E-state index in [-0.39, 0.29) is 12.0 Å². The first-order valence-corrected chi connectivity index (χ1v) is 15.3. The van der Waals surface area contributed by atoms with Crippen LogP contribution in [-0.4, -0.2) is 74.1 Å². The second-order valence-electron chi connectivity index (χ2n) is 12.7. The van der Waals surface area contributed by atoms with Crippen molar-refractivity contribution in [3.63, 3.8) is 0 Å². The molecule has 1 aromatic heterocycles. The Kier molecular flexibility index (Phi) is 7.10. The lowest BCUT2D eigenvalue weighted by atomic mass is 9.57. The molecule has 42 heavy (non-hydrogen) atoms. The van der Waals surface area contributed by atoms with Crippen LogP contribution in [0.4, 0.5) is 22.9 Å². The fourth-order valence-corrected chi connectivity index (χ4v) is 8.21. The van der Waals surface area contributed by atoms with Crippen molar-refractivity contribution in [1.29, 1.82) is 0 Å². The molecule has 3 aromatic rings. The Morgan fingerprint density at radius 1 is 0.881 bits per heavy atom. The number of nitrogens with zero attached hydrogens (tertiary/aromatic N) is 5. The normalized spacial score (nSPS) is 23.5. The van der Waals surface area contributed by atoms with Gasteiger partial charge in [-0.05, 0) is 80.3 Å². The lowest BCUT2D eigenvalue weighted by Gasteiger charge is -2.54. The van der Waals surface area contributed by atoms with Crippen LogP contribution in [0.25, 0.3) is 11.3 Å². The first-order valence-electron chi connectivity index (χ1n) is 15.3. The molecule has 2 aromatic carbocycles. The molecule has 0 radical (unpaired) electrons. The zero-order valence-corrected chi connectivity index (χ0v) is 24.7. The summed E-state index contributed by atoms with van der Waals surface area (Å²) in [5.41, 5.74) is 11.7. The average Bonchev–Trinajstić information content (AvgIpc) is 3.27. The maximum absolute atomic E-state index is 10.4. The van der Waals surface area contributed by atoms with Crippen LogP contribution in [0.1, 0.15) is 38.5 Å². The Morgan fingerprint density at radius 2 is 1.57 bits per heavy atom. The number of hydrogen-bond acceptors (Lipinski definition) is 9. The Balaban J connectivity index is 1.03. The zero-order chi connectivity index (χ0) is 28.8. The van der Waals surface area contributed by atoms with Gasteiger partial charge in [0.2, 0.25) is 0 Å². The van der Waals surface area contributed by atoms with Gasteiger partial charge in [-0.15, -0.1) is 10.2 Å². The van der Waals surface area contributed by atoms with E-state index < -0.39 is 0 Å². The summed E-state index contributed by atoms with van der Waals surface area (Å²) in [6.07, 6.45) is 7.16. The molecule has 1 saturated carbocycles. The number of fused-ring (bicyclic) bond motifs is 2. The zero-order valence-electron chi connectivity index (χ0n) is 24.7. The van der Waals surface area contributed by atoms with Crippen molar-refractivity contribution >= 4 is 22.9 Å². The monoisotopic (exact) mass is 570 g/mol. The second kappa shape index (κ2) is 10.9. The van der Waals surface area contributed by atoms with Crippen molar-refractivity contribution in [3.8, 4) is 17.0 Å². The van der Waals surface area contributed by atoms with Gasteiger partial charge in [0, 0.05) is 75.3 Å². The van der Waals surface area contributed by atoms with Gasteiger partial charge in [0.05, 0.1) is 11.4 Å². The highest BCUT2D eigenvalue weighted by atomic mass is 16.7. The summed E-state index contributed by atoms with van der Waals surface area (Å²) >= 11 is 0. The third-order valence-corrected chi connectivity index (χ3v) is 10.4. The number of hydrogen-bond donors (Lipinski definition) is 2. The number of aromatic hydroxyl groups is 1. The molecule has 2 atom stereocenters. The molecule has 3 saturated heterocycles. The molecule has 4 aliphatic rings. The molecule has 4 fully saturated rings. The number of ether oxygens (including phenoxy) is 2. The molecule has 9 nitrogen and oxygen atoms in total. The van der Waals surface area contributed by atoms with E-state index in [2.05, 4.69) is 49.2 Å². The highest BCUT2D eigenvalue weighted by Gasteiger charge is 2.49. The van der Waals surface area contributed by atoms with E-state index in [1.165, 1.54) is 37.1 Å². The fraction of sp³-hybridized carbons (Fsp3) is 0.515. The number of nitrogens with two attached hydrogens (primary N) is 1. The van der Waals surface area contributed by atoms with Crippen molar-refractivity contribution in [2.24, 2.45) is 11.3 Å². The fourth-order valence-electron chi connectivity index (χ4n) is 8.21. The molecule has 2 unspecified atom stereocenters. The van der Waals surface area contributed by atoms with Crippen LogP contribution in [0.2, 0.25) is 0 Å². The number of piperidine rings is 1. The summed E-state index contributed by atoms with van der Waals surface area (Å²) in [5.74, 6) is 1.16. The molecule has 4 heterocycles. The molecule has 9 heteroatoms. The van der Waals surface area contributed by atoms with Crippen molar-refractivity contribution < 1.29 is 14.6 Å². The van der Waals surface area contributed by atoms with Gasteiger partial charge < -0.3 is 35.0 Å². The number of phenolic OH excluding ortho intramolecular Hbond substituents is 1. The molecular formula is C33H42N6O3. The largest absolute Gasteiger partial charge is 0.507 e. The molecule has 1 spiro atoms. The Bertz CT molecular complexity index is 1400. The predicted molar refractivity (Wildman–Crippen MR) is 166 cm³/mol. The van der Waals surface area contributed by atoms with Gasteiger partial charge >= 0.3 is 0 Å². The molecule has 1 aliphatic carbocycles. The maximum Gasteiger partial charge on any atom is 0.169 e. The highest BCUT2D eigenvalue weighted by Crippen LogP contribution is 2.54. The molecule has 222 valence electrons. The van der Waals surface area contributed by atoms with Crippen LogP contribution >= 0.6 is 0 Å². The first kappa shape index (κ1) is 27.3. The number of benzene rings is 2. The van der Waals surface area contributed by atoms with E-state index in [4.69, 9.17) is 15.2 Å². The Morgan fingerprint density at radius 3 is 2.26 bits per heavy atom. The third-order valence-electron chi connectivity index (χ3n) is 10.4. The Labute approximate surface area is 248 Å². The molecule has 2 bridgehead atoms. The summed E-state index contributed by atoms with van der Waals surface area (Å²) in [6, 6.07) is 19.2. The number of rotatable bonds is 7. The van der Waals surface area contributed by atoms with Gasteiger partial charge in [0.25, 0.3) is 0 Å². The van der Waals surface area contributed by atoms with Gasteiger partial charge in [-0.2, -0.15) is 0 Å². The SMILES string of the molecule is COC(OC)C1CC2(CCN(c3cccc(N4C5CCC4CN(c4cc(-c6ccccc6O)nnc4N)C5)c3)CC2)C1. The van der Waals surface area contributed by atoms with E-state index in [0.29, 0.717) is 40.5 Å². The molecule has 0 amide bonds.